The number of anilines is 6. The largest absolute Gasteiger partial charge is 0.311 e. The predicted octanol–water partition coefficient (Wildman–Crippen LogP) is 16.8. The van der Waals surface area contributed by atoms with E-state index in [1.165, 1.54) is 22.3 Å². The van der Waals surface area contributed by atoms with Crippen molar-refractivity contribution in [3.8, 4) is 0 Å². The number of para-hydroxylation sites is 4. The number of rotatable bonds is 16. The molecule has 0 saturated heterocycles. The van der Waals surface area contributed by atoms with Gasteiger partial charge >= 0.3 is 0 Å². The normalized spacial score (nSPS) is 13.1. The second-order valence-corrected chi connectivity index (χ2v) is 14.6. The van der Waals surface area contributed by atoms with Crippen LogP contribution < -0.4 is 9.80 Å². The Balaban J connectivity index is 0.967. The lowest BCUT2D eigenvalue weighted by atomic mass is 10.1. The molecule has 0 aliphatic carbocycles. The van der Waals surface area contributed by atoms with Gasteiger partial charge in [-0.25, -0.2) is 0 Å². The predicted molar refractivity (Wildman–Crippen MR) is 263 cm³/mol. The smallest absolute Gasteiger partial charge is 0.0462 e. The molecule has 0 heterocycles. The number of hydrogen-bond donors (Lipinski definition) is 0. The molecule has 2 heteroatoms. The quantitative estimate of drug-likeness (QED) is 0.0903. The van der Waals surface area contributed by atoms with Gasteiger partial charge in [-0.15, -0.1) is 0 Å². The van der Waals surface area contributed by atoms with Crippen molar-refractivity contribution >= 4 is 46.3 Å². The van der Waals surface area contributed by atoms with Crippen molar-refractivity contribution in [3.05, 3.63) is 276 Å². The van der Waals surface area contributed by atoms with E-state index >= 15 is 0 Å². The van der Waals surface area contributed by atoms with Crippen molar-refractivity contribution in [1.82, 2.24) is 0 Å². The Labute approximate surface area is 358 Å². The maximum atomic E-state index is 2.27. The third-order valence-electron chi connectivity index (χ3n) is 9.70. The maximum absolute atomic E-state index is 2.27. The number of benzene rings is 6. The first kappa shape index (κ1) is 42.2. The highest BCUT2D eigenvalue weighted by atomic mass is 15.1. The van der Waals surface area contributed by atoms with Crippen molar-refractivity contribution in [1.29, 1.82) is 0 Å². The van der Waals surface area contributed by atoms with E-state index < -0.39 is 0 Å². The van der Waals surface area contributed by atoms with Gasteiger partial charge in [-0.05, 0) is 112 Å². The van der Waals surface area contributed by atoms with E-state index in [0.717, 1.165) is 45.3 Å². The number of nitrogens with zero attached hydrogens (tertiary/aromatic N) is 2. The Kier molecular flexibility index (Phi) is 15.8. The highest BCUT2D eigenvalue weighted by Gasteiger charge is 2.12. The Morgan fingerprint density at radius 3 is 0.833 bits per heavy atom. The van der Waals surface area contributed by atoms with Crippen LogP contribution in [-0.4, -0.2) is 0 Å². The summed E-state index contributed by atoms with van der Waals surface area (Å²) in [6.07, 6.45) is 29.8. The summed E-state index contributed by atoms with van der Waals surface area (Å²) in [5, 5.41) is 0. The first-order chi connectivity index (χ1) is 29.4. The molecule has 6 aromatic rings. The minimum atomic E-state index is 1.12. The van der Waals surface area contributed by atoms with Crippen molar-refractivity contribution in [2.45, 2.75) is 27.7 Å². The van der Waals surface area contributed by atoms with Crippen molar-refractivity contribution in [2.75, 3.05) is 9.80 Å². The molecule has 60 heavy (non-hydrogen) atoms. The molecule has 0 saturated carbocycles. The van der Waals surface area contributed by atoms with Crippen LogP contribution in [0.15, 0.2) is 265 Å². The first-order valence-electron chi connectivity index (χ1n) is 20.5. The van der Waals surface area contributed by atoms with Gasteiger partial charge in [-0.1, -0.05) is 204 Å². The van der Waals surface area contributed by atoms with Crippen LogP contribution in [0.5, 0.6) is 0 Å². The van der Waals surface area contributed by atoms with Crippen LogP contribution in [0.3, 0.4) is 0 Å². The molecule has 6 aromatic carbocycles. The molecule has 0 fully saturated rings. The van der Waals surface area contributed by atoms with Gasteiger partial charge in [0.2, 0.25) is 0 Å². The summed E-state index contributed by atoms with van der Waals surface area (Å²) < 4.78 is 0. The van der Waals surface area contributed by atoms with Crippen LogP contribution in [0, 0.1) is 0 Å². The molecule has 296 valence electrons. The molecule has 0 N–H and O–H groups in total. The zero-order valence-corrected chi connectivity index (χ0v) is 35.1. The van der Waals surface area contributed by atoms with Gasteiger partial charge in [-0.3, -0.25) is 0 Å². The van der Waals surface area contributed by atoms with E-state index in [1.807, 2.05) is 24.3 Å². The SMILES string of the molecule is CC(C=CC=C(C)C=Cc1ccc(N(c2ccccc2)c2ccccc2)cc1)=CC=CC=C(C)C=CC=C(C)C=Cc1ccc(N(c2ccccc2)c2ccccc2)cc1. The summed E-state index contributed by atoms with van der Waals surface area (Å²) in [4.78, 5) is 4.55. The van der Waals surface area contributed by atoms with Crippen molar-refractivity contribution < 1.29 is 0 Å². The van der Waals surface area contributed by atoms with Gasteiger partial charge in [0.15, 0.2) is 0 Å². The van der Waals surface area contributed by atoms with Gasteiger partial charge in [0.1, 0.15) is 0 Å². The number of allylic oxidation sites excluding steroid dienone is 16. The lowest BCUT2D eigenvalue weighted by Gasteiger charge is -2.25. The summed E-state index contributed by atoms with van der Waals surface area (Å²) >= 11 is 0. The van der Waals surface area contributed by atoms with E-state index in [9.17, 15) is 0 Å². The van der Waals surface area contributed by atoms with E-state index in [0.29, 0.717) is 0 Å². The molecular weight excluding hydrogens is 725 g/mol. The molecule has 0 aromatic heterocycles. The van der Waals surface area contributed by atoms with E-state index in [1.54, 1.807) is 0 Å². The fraction of sp³-hybridized carbons (Fsp3) is 0.0690. The van der Waals surface area contributed by atoms with Crippen molar-refractivity contribution in [3.63, 3.8) is 0 Å². The summed E-state index contributed by atoms with van der Waals surface area (Å²) in [7, 11) is 0. The average molecular weight is 779 g/mol. The van der Waals surface area contributed by atoms with Crippen LogP contribution in [0.2, 0.25) is 0 Å². The summed E-state index contributed by atoms with van der Waals surface area (Å²) in [6, 6.07) is 59.3. The summed E-state index contributed by atoms with van der Waals surface area (Å²) in [5.74, 6) is 0. The second-order valence-electron chi connectivity index (χ2n) is 14.6. The average Bonchev–Trinajstić information content (AvgIpc) is 3.29. The monoisotopic (exact) mass is 778 g/mol. The highest BCUT2D eigenvalue weighted by Crippen LogP contribution is 2.35. The molecule has 0 aliphatic heterocycles. The molecule has 0 atom stereocenters. The fourth-order valence-corrected chi connectivity index (χ4v) is 6.47. The van der Waals surface area contributed by atoms with Gasteiger partial charge in [0.05, 0.1) is 0 Å². The lowest BCUT2D eigenvalue weighted by molar-refractivity contribution is 1.28. The third-order valence-corrected chi connectivity index (χ3v) is 9.70. The van der Waals surface area contributed by atoms with Crippen molar-refractivity contribution in [2.24, 2.45) is 0 Å². The topological polar surface area (TPSA) is 6.48 Å². The molecule has 0 radical (unpaired) electrons. The third kappa shape index (κ3) is 13.1. The molecule has 0 amide bonds. The fourth-order valence-electron chi connectivity index (χ4n) is 6.47. The van der Waals surface area contributed by atoms with Crippen LogP contribution in [0.4, 0.5) is 34.1 Å². The van der Waals surface area contributed by atoms with E-state index in [2.05, 4.69) is 268 Å². The van der Waals surface area contributed by atoms with E-state index in [-0.39, 0.29) is 0 Å². The molecular formula is C58H54N2. The van der Waals surface area contributed by atoms with E-state index in [4.69, 9.17) is 0 Å². The lowest BCUT2D eigenvalue weighted by Crippen LogP contribution is -2.09. The molecule has 0 unspecified atom stereocenters. The van der Waals surface area contributed by atoms with Gasteiger partial charge in [0, 0.05) is 34.1 Å². The maximum Gasteiger partial charge on any atom is 0.0462 e. The van der Waals surface area contributed by atoms with Crippen LogP contribution in [-0.2, 0) is 0 Å². The standard InChI is InChI=1S/C58H54N2/c1-47(23-19-25-49(3)35-37-51-39-43-57(44-40-51)59(53-27-9-5-10-28-53)54-29-11-6-12-30-54)21-17-18-22-48(2)24-20-26-50(4)36-38-52-41-45-58(46-42-52)60(55-31-13-7-14-32-55)56-33-15-8-16-34-56/h5-46H,1-4H3. The zero-order chi connectivity index (χ0) is 41.8. The number of hydrogen-bond acceptors (Lipinski definition) is 2. The van der Waals surface area contributed by atoms with Crippen LogP contribution in [0.25, 0.3) is 12.2 Å². The molecule has 2 nitrogen and oxygen atoms in total. The molecule has 0 aliphatic rings. The first-order valence-corrected chi connectivity index (χ1v) is 20.5. The molecule has 6 rings (SSSR count). The Bertz CT molecular complexity index is 2250. The highest BCUT2D eigenvalue weighted by molar-refractivity contribution is 5.78. The van der Waals surface area contributed by atoms with Gasteiger partial charge in [0.25, 0.3) is 0 Å². The Morgan fingerprint density at radius 2 is 0.533 bits per heavy atom. The second kappa shape index (κ2) is 22.5. The Morgan fingerprint density at radius 1 is 0.283 bits per heavy atom. The molecule has 0 bridgehead atoms. The van der Waals surface area contributed by atoms with Crippen LogP contribution in [0.1, 0.15) is 38.8 Å². The van der Waals surface area contributed by atoms with Crippen LogP contribution >= 0.6 is 0 Å². The summed E-state index contributed by atoms with van der Waals surface area (Å²) in [6.45, 7) is 8.48. The Hall–Kier alpha value is -7.42. The minimum absolute atomic E-state index is 1.12. The summed E-state index contributed by atoms with van der Waals surface area (Å²) in [5.41, 5.74) is 13.8. The van der Waals surface area contributed by atoms with Gasteiger partial charge < -0.3 is 9.80 Å². The van der Waals surface area contributed by atoms with Gasteiger partial charge in [-0.2, -0.15) is 0 Å². The zero-order valence-electron chi connectivity index (χ0n) is 35.1. The molecule has 0 spiro atoms. The minimum Gasteiger partial charge on any atom is -0.311 e.